The highest BCUT2D eigenvalue weighted by molar-refractivity contribution is 5.93. The van der Waals surface area contributed by atoms with E-state index in [0.29, 0.717) is 5.56 Å². The molecule has 26 heavy (non-hydrogen) atoms. The van der Waals surface area contributed by atoms with Crippen molar-refractivity contribution in [2.45, 2.75) is 25.9 Å². The van der Waals surface area contributed by atoms with E-state index < -0.39 is 12.0 Å². The number of carbonyl (C=O) groups excluding carboxylic acids is 1. The first-order valence-electron chi connectivity index (χ1n) is 8.80. The average Bonchev–Trinajstić information content (AvgIpc) is 2.67. The van der Waals surface area contributed by atoms with Crippen LogP contribution in [0, 0.1) is 0 Å². The van der Waals surface area contributed by atoms with Crippen molar-refractivity contribution in [2.75, 3.05) is 6.61 Å². The van der Waals surface area contributed by atoms with Crippen molar-refractivity contribution in [3.63, 3.8) is 0 Å². The molecule has 0 saturated carbocycles. The number of rotatable bonds is 6. The molecule has 3 aromatic rings. The number of aromatic hydroxyl groups is 1. The molecule has 0 bridgehead atoms. The van der Waals surface area contributed by atoms with Gasteiger partial charge >= 0.3 is 5.97 Å². The lowest BCUT2D eigenvalue weighted by atomic mass is 9.96. The third-order valence-electron chi connectivity index (χ3n) is 4.47. The maximum absolute atomic E-state index is 12.7. The number of hydrogen-bond acceptors (Lipinski definition) is 4. The minimum atomic E-state index is -0.767. The van der Waals surface area contributed by atoms with Crippen LogP contribution in [0.25, 0.3) is 10.8 Å². The van der Waals surface area contributed by atoms with Gasteiger partial charge < -0.3 is 9.84 Å². The summed E-state index contributed by atoms with van der Waals surface area (Å²) in [6, 6.07) is 20.2. The second-order valence-electron chi connectivity index (χ2n) is 6.20. The summed E-state index contributed by atoms with van der Waals surface area (Å²) in [5.41, 5.74) is 1.60. The third-order valence-corrected chi connectivity index (χ3v) is 4.47. The molecule has 0 spiro atoms. The van der Waals surface area contributed by atoms with Crippen molar-refractivity contribution < 1.29 is 14.6 Å². The number of carbonyl (C=O) groups is 1. The highest BCUT2D eigenvalue weighted by Crippen LogP contribution is 2.34. The number of esters is 1. The third kappa shape index (κ3) is 3.70. The Kier molecular flexibility index (Phi) is 5.54. The van der Waals surface area contributed by atoms with Gasteiger partial charge in [0.1, 0.15) is 11.8 Å². The standard InChI is InChI=1S/C22H23NO3/c1-3-26-22(25)21(23-15(2)16-9-5-4-6-10-16)20-18-12-8-7-11-17(18)13-14-19(20)24/h4-15,21,23-24H,3H2,1-2H3/t15-,21+/m1/s1. The van der Waals surface area contributed by atoms with E-state index in [4.69, 9.17) is 4.74 Å². The van der Waals surface area contributed by atoms with Crippen LogP contribution in [0.1, 0.15) is 37.1 Å². The van der Waals surface area contributed by atoms with E-state index in [0.717, 1.165) is 16.3 Å². The van der Waals surface area contributed by atoms with Crippen molar-refractivity contribution in [3.05, 3.63) is 77.9 Å². The second kappa shape index (κ2) is 8.02. The fourth-order valence-electron chi connectivity index (χ4n) is 3.17. The number of phenols is 1. The van der Waals surface area contributed by atoms with Crippen LogP contribution in [0.2, 0.25) is 0 Å². The summed E-state index contributed by atoms with van der Waals surface area (Å²) in [5, 5.41) is 15.7. The van der Waals surface area contributed by atoms with Crippen LogP contribution < -0.4 is 5.32 Å². The fourth-order valence-corrected chi connectivity index (χ4v) is 3.17. The lowest BCUT2D eigenvalue weighted by Gasteiger charge is -2.24. The Morgan fingerprint density at radius 3 is 2.46 bits per heavy atom. The summed E-state index contributed by atoms with van der Waals surface area (Å²) < 4.78 is 5.29. The Labute approximate surface area is 153 Å². The van der Waals surface area contributed by atoms with Gasteiger partial charge in [0.2, 0.25) is 0 Å². The molecule has 0 aromatic heterocycles. The maximum atomic E-state index is 12.7. The van der Waals surface area contributed by atoms with Gasteiger partial charge in [-0.2, -0.15) is 0 Å². The SMILES string of the molecule is CCOC(=O)[C@@H](N[C@H](C)c1ccccc1)c1c(O)ccc2ccccc12. The molecule has 0 amide bonds. The molecule has 0 fully saturated rings. The summed E-state index contributed by atoms with van der Waals surface area (Å²) >= 11 is 0. The Hall–Kier alpha value is -2.85. The van der Waals surface area contributed by atoms with Crippen molar-refractivity contribution in [1.29, 1.82) is 0 Å². The number of fused-ring (bicyclic) bond motifs is 1. The molecule has 4 heteroatoms. The molecule has 0 radical (unpaired) electrons. The fraction of sp³-hybridized carbons (Fsp3) is 0.227. The quantitative estimate of drug-likeness (QED) is 0.643. The Balaban J connectivity index is 2.05. The van der Waals surface area contributed by atoms with Gasteiger partial charge in [-0.25, -0.2) is 4.79 Å². The number of ether oxygens (including phenoxy) is 1. The smallest absolute Gasteiger partial charge is 0.327 e. The molecular formula is C22H23NO3. The van der Waals surface area contributed by atoms with Crippen LogP contribution in [0.4, 0.5) is 0 Å². The minimum Gasteiger partial charge on any atom is -0.508 e. The molecular weight excluding hydrogens is 326 g/mol. The molecule has 3 aromatic carbocycles. The highest BCUT2D eigenvalue weighted by atomic mass is 16.5. The number of nitrogens with one attached hydrogen (secondary N) is 1. The van der Waals surface area contributed by atoms with Gasteiger partial charge in [-0.3, -0.25) is 5.32 Å². The number of phenolic OH excluding ortho intramolecular Hbond substituents is 1. The van der Waals surface area contributed by atoms with Gasteiger partial charge in [0.25, 0.3) is 0 Å². The Bertz CT molecular complexity index is 892. The van der Waals surface area contributed by atoms with Gasteiger partial charge in [-0.05, 0) is 36.2 Å². The number of hydrogen-bond donors (Lipinski definition) is 2. The van der Waals surface area contributed by atoms with E-state index in [1.54, 1.807) is 13.0 Å². The average molecular weight is 349 g/mol. The largest absolute Gasteiger partial charge is 0.508 e. The van der Waals surface area contributed by atoms with Crippen molar-refractivity contribution in [1.82, 2.24) is 5.32 Å². The first kappa shape index (κ1) is 18.0. The zero-order chi connectivity index (χ0) is 18.5. The monoisotopic (exact) mass is 349 g/mol. The first-order valence-corrected chi connectivity index (χ1v) is 8.80. The molecule has 0 aliphatic heterocycles. The van der Waals surface area contributed by atoms with Crippen LogP contribution in [-0.4, -0.2) is 17.7 Å². The Morgan fingerprint density at radius 2 is 1.73 bits per heavy atom. The molecule has 134 valence electrons. The van der Waals surface area contributed by atoms with Crippen molar-refractivity contribution >= 4 is 16.7 Å². The molecule has 0 saturated heterocycles. The van der Waals surface area contributed by atoms with Crippen LogP contribution in [0.3, 0.4) is 0 Å². The van der Waals surface area contributed by atoms with Crippen molar-refractivity contribution in [2.24, 2.45) is 0 Å². The molecule has 0 aliphatic carbocycles. The first-order chi connectivity index (χ1) is 12.6. The van der Waals surface area contributed by atoms with E-state index in [1.807, 2.05) is 67.6 Å². The van der Waals surface area contributed by atoms with Gasteiger partial charge in [-0.1, -0.05) is 60.7 Å². The predicted molar refractivity (Wildman–Crippen MR) is 103 cm³/mol. The van der Waals surface area contributed by atoms with E-state index >= 15 is 0 Å². The summed E-state index contributed by atoms with van der Waals surface area (Å²) in [6.45, 7) is 4.05. The van der Waals surface area contributed by atoms with Crippen molar-refractivity contribution in [3.8, 4) is 5.75 Å². The van der Waals surface area contributed by atoms with E-state index in [2.05, 4.69) is 5.32 Å². The molecule has 3 rings (SSSR count). The summed E-state index contributed by atoms with van der Waals surface area (Å²) in [6.07, 6.45) is 0. The Morgan fingerprint density at radius 1 is 1.04 bits per heavy atom. The topological polar surface area (TPSA) is 58.6 Å². The maximum Gasteiger partial charge on any atom is 0.327 e. The van der Waals surface area contributed by atoms with Crippen LogP contribution in [-0.2, 0) is 9.53 Å². The molecule has 4 nitrogen and oxygen atoms in total. The molecule has 0 unspecified atom stereocenters. The molecule has 0 aliphatic rings. The van der Waals surface area contributed by atoms with E-state index in [1.165, 1.54) is 0 Å². The van der Waals surface area contributed by atoms with Crippen LogP contribution >= 0.6 is 0 Å². The van der Waals surface area contributed by atoms with Gasteiger partial charge in [0, 0.05) is 11.6 Å². The second-order valence-corrected chi connectivity index (χ2v) is 6.20. The summed E-state index contributed by atoms with van der Waals surface area (Å²) in [7, 11) is 0. The van der Waals surface area contributed by atoms with Gasteiger partial charge in [-0.15, -0.1) is 0 Å². The predicted octanol–water partition coefficient (Wildman–Crippen LogP) is 4.50. The molecule has 2 atom stereocenters. The number of benzene rings is 3. The van der Waals surface area contributed by atoms with E-state index in [-0.39, 0.29) is 18.4 Å². The van der Waals surface area contributed by atoms with Gasteiger partial charge in [0.15, 0.2) is 0 Å². The van der Waals surface area contributed by atoms with E-state index in [9.17, 15) is 9.90 Å². The normalized spacial score (nSPS) is 13.3. The summed E-state index contributed by atoms with van der Waals surface area (Å²) in [4.78, 5) is 12.7. The lowest BCUT2D eigenvalue weighted by Crippen LogP contribution is -2.32. The highest BCUT2D eigenvalue weighted by Gasteiger charge is 2.28. The van der Waals surface area contributed by atoms with Crippen LogP contribution in [0.15, 0.2) is 66.7 Å². The zero-order valence-corrected chi connectivity index (χ0v) is 15.0. The lowest BCUT2D eigenvalue weighted by molar-refractivity contribution is -0.146. The minimum absolute atomic E-state index is 0.0783. The summed E-state index contributed by atoms with van der Waals surface area (Å²) in [5.74, 6) is -0.323. The molecule has 2 N–H and O–H groups in total. The van der Waals surface area contributed by atoms with Crippen LogP contribution in [0.5, 0.6) is 5.75 Å². The zero-order valence-electron chi connectivity index (χ0n) is 15.0. The van der Waals surface area contributed by atoms with Gasteiger partial charge in [0.05, 0.1) is 6.61 Å². The molecule has 0 heterocycles.